The van der Waals surface area contributed by atoms with Crippen LogP contribution < -0.4 is 4.57 Å². The molecule has 0 bridgehead atoms. The van der Waals surface area contributed by atoms with Crippen molar-refractivity contribution in [2.24, 2.45) is 7.05 Å². The molecule has 1 nitrogen and oxygen atoms in total. The molecule has 0 saturated carbocycles. The summed E-state index contributed by atoms with van der Waals surface area (Å²) in [4.78, 5) is 0. The van der Waals surface area contributed by atoms with Crippen LogP contribution in [-0.4, -0.2) is 0 Å². The van der Waals surface area contributed by atoms with Crippen molar-refractivity contribution in [2.45, 2.75) is 52.9 Å². The quantitative estimate of drug-likeness (QED) is 0.243. The summed E-state index contributed by atoms with van der Waals surface area (Å²) in [6.07, 6.45) is 2.23. The molecule has 0 radical (unpaired) electrons. The van der Waals surface area contributed by atoms with E-state index in [2.05, 4.69) is 114 Å². The van der Waals surface area contributed by atoms with E-state index in [0.29, 0.717) is 5.92 Å². The van der Waals surface area contributed by atoms with Crippen molar-refractivity contribution in [3.8, 4) is 11.3 Å². The summed E-state index contributed by atoms with van der Waals surface area (Å²) in [5.74, 6) is 0.533. The molecule has 5 rings (SSSR count). The summed E-state index contributed by atoms with van der Waals surface area (Å²) in [5.41, 5.74) is 6.91. The monoisotopic (exact) mass is 438 g/mol. The molecular weight excluding hydrogens is 406 g/mol. The van der Waals surface area contributed by atoms with Crippen LogP contribution in [0.3, 0.4) is 0 Å². The largest absolute Gasteiger partial charge is 0.230 e. The SMILES string of the molecule is Cc1c(-c2c3sc4ccc(C(C)C)cc4c3cc[n+]2C)cc(C(C)(C)C)c2ccccc12. The van der Waals surface area contributed by atoms with Crippen molar-refractivity contribution in [3.05, 3.63) is 77.5 Å². The fraction of sp³-hybridized carbons (Fsp3) is 0.300. The summed E-state index contributed by atoms with van der Waals surface area (Å²) in [6.45, 7) is 13.8. The lowest BCUT2D eigenvalue weighted by Crippen LogP contribution is -2.30. The first-order valence-electron chi connectivity index (χ1n) is 11.5. The van der Waals surface area contributed by atoms with Crippen molar-refractivity contribution < 1.29 is 4.57 Å². The third kappa shape index (κ3) is 3.24. The molecule has 0 unspecified atom stereocenters. The smallest absolute Gasteiger partial charge is 0.200 e. The Morgan fingerprint density at radius 3 is 2.25 bits per heavy atom. The van der Waals surface area contributed by atoms with Gasteiger partial charge in [-0.1, -0.05) is 65.0 Å². The molecule has 2 heteroatoms. The lowest BCUT2D eigenvalue weighted by atomic mass is 9.80. The highest BCUT2D eigenvalue weighted by molar-refractivity contribution is 7.26. The predicted octanol–water partition coefficient (Wildman–Crippen LogP) is 8.43. The van der Waals surface area contributed by atoms with Crippen LogP contribution in [0.25, 0.3) is 42.2 Å². The third-order valence-electron chi connectivity index (χ3n) is 6.83. The molecule has 0 atom stereocenters. The van der Waals surface area contributed by atoms with Crippen molar-refractivity contribution >= 4 is 42.3 Å². The van der Waals surface area contributed by atoms with E-state index in [0.717, 1.165) is 0 Å². The molecule has 2 aromatic heterocycles. The van der Waals surface area contributed by atoms with Gasteiger partial charge in [0.25, 0.3) is 0 Å². The van der Waals surface area contributed by atoms with E-state index in [9.17, 15) is 0 Å². The summed E-state index contributed by atoms with van der Waals surface area (Å²) < 4.78 is 5.06. The highest BCUT2D eigenvalue weighted by atomic mass is 32.1. The van der Waals surface area contributed by atoms with Crippen molar-refractivity contribution in [2.75, 3.05) is 0 Å². The van der Waals surface area contributed by atoms with Gasteiger partial charge < -0.3 is 0 Å². The molecule has 0 N–H and O–H groups in total. The Labute approximate surface area is 195 Å². The van der Waals surface area contributed by atoms with E-state index in [-0.39, 0.29) is 5.41 Å². The Hall–Kier alpha value is -2.71. The molecule has 0 fully saturated rings. The van der Waals surface area contributed by atoms with Gasteiger partial charge >= 0.3 is 0 Å². The standard InChI is InChI=1S/C30H32NS/c1-18(2)20-12-13-27-25(16-20)23-14-15-31(7)28(29(23)32-27)24-17-26(30(4,5)6)22-11-9-8-10-21(22)19(24)3/h8-18H,1-7H3/q+1. The zero-order valence-electron chi connectivity index (χ0n) is 20.2. The molecule has 0 aliphatic carbocycles. The van der Waals surface area contributed by atoms with Gasteiger partial charge in [-0.15, -0.1) is 11.3 Å². The maximum atomic E-state index is 2.45. The van der Waals surface area contributed by atoms with Gasteiger partial charge in [-0.3, -0.25) is 0 Å². The molecular formula is C30H32NS+. The number of rotatable bonds is 2. The first-order chi connectivity index (χ1) is 15.2. The third-order valence-corrected chi connectivity index (χ3v) is 8.02. The summed E-state index contributed by atoms with van der Waals surface area (Å²) >= 11 is 1.92. The van der Waals surface area contributed by atoms with E-state index < -0.39 is 0 Å². The molecule has 3 aromatic carbocycles. The topological polar surface area (TPSA) is 3.88 Å². The minimum atomic E-state index is 0.0703. The van der Waals surface area contributed by atoms with Crippen LogP contribution in [0.2, 0.25) is 0 Å². The van der Waals surface area contributed by atoms with Crippen LogP contribution >= 0.6 is 11.3 Å². The van der Waals surface area contributed by atoms with Gasteiger partial charge in [0.05, 0.1) is 5.56 Å². The van der Waals surface area contributed by atoms with Crippen LogP contribution in [-0.2, 0) is 12.5 Å². The van der Waals surface area contributed by atoms with Gasteiger partial charge in [-0.05, 0) is 63.9 Å². The van der Waals surface area contributed by atoms with Crippen molar-refractivity contribution in [1.82, 2.24) is 0 Å². The highest BCUT2D eigenvalue weighted by Crippen LogP contribution is 2.43. The van der Waals surface area contributed by atoms with Gasteiger partial charge in [-0.2, -0.15) is 4.57 Å². The molecule has 0 saturated heterocycles. The van der Waals surface area contributed by atoms with Crippen LogP contribution in [0.1, 0.15) is 57.2 Å². The number of benzene rings is 3. The van der Waals surface area contributed by atoms with Crippen molar-refractivity contribution in [1.29, 1.82) is 0 Å². The van der Waals surface area contributed by atoms with Crippen LogP contribution in [0.5, 0.6) is 0 Å². The first-order valence-corrected chi connectivity index (χ1v) is 12.4. The molecule has 0 aliphatic heterocycles. The molecule has 2 heterocycles. The average molecular weight is 439 g/mol. The Morgan fingerprint density at radius 2 is 1.56 bits per heavy atom. The molecule has 32 heavy (non-hydrogen) atoms. The second kappa shape index (κ2) is 7.42. The Bertz CT molecular complexity index is 1500. The fourth-order valence-corrected chi connectivity index (χ4v) is 6.23. The van der Waals surface area contributed by atoms with Gasteiger partial charge in [0.2, 0.25) is 5.69 Å². The van der Waals surface area contributed by atoms with Gasteiger partial charge in [0, 0.05) is 21.5 Å². The van der Waals surface area contributed by atoms with E-state index in [1.165, 1.54) is 58.9 Å². The Kier molecular flexibility index (Phi) is 4.90. The summed E-state index contributed by atoms with van der Waals surface area (Å²) in [6, 6.07) is 20.6. The number of pyridine rings is 1. The van der Waals surface area contributed by atoms with E-state index in [4.69, 9.17) is 0 Å². The van der Waals surface area contributed by atoms with Crippen LogP contribution in [0.15, 0.2) is 60.8 Å². The lowest BCUT2D eigenvalue weighted by Gasteiger charge is -2.24. The number of hydrogen-bond acceptors (Lipinski definition) is 1. The van der Waals surface area contributed by atoms with Gasteiger partial charge in [0.1, 0.15) is 11.7 Å². The predicted molar refractivity (Wildman–Crippen MR) is 141 cm³/mol. The summed E-state index contributed by atoms with van der Waals surface area (Å²) in [7, 11) is 2.18. The molecule has 5 aromatic rings. The number of aryl methyl sites for hydroxylation is 2. The minimum Gasteiger partial charge on any atom is -0.200 e. The van der Waals surface area contributed by atoms with Crippen LogP contribution in [0, 0.1) is 6.92 Å². The lowest BCUT2D eigenvalue weighted by molar-refractivity contribution is -0.659. The molecule has 0 amide bonds. The van der Waals surface area contributed by atoms with E-state index in [1.54, 1.807) is 0 Å². The number of hydrogen-bond donors (Lipinski definition) is 0. The number of aromatic nitrogens is 1. The minimum absolute atomic E-state index is 0.0703. The fourth-order valence-electron chi connectivity index (χ4n) is 4.96. The molecule has 0 aliphatic rings. The Balaban J connectivity index is 1.90. The molecule has 0 spiro atoms. The van der Waals surface area contributed by atoms with E-state index in [1.807, 2.05) is 11.3 Å². The van der Waals surface area contributed by atoms with Crippen molar-refractivity contribution in [3.63, 3.8) is 0 Å². The average Bonchev–Trinajstić information content (AvgIpc) is 3.11. The highest BCUT2D eigenvalue weighted by Gasteiger charge is 2.26. The maximum absolute atomic E-state index is 2.45. The zero-order valence-corrected chi connectivity index (χ0v) is 21.0. The maximum Gasteiger partial charge on any atom is 0.230 e. The summed E-state index contributed by atoms with van der Waals surface area (Å²) in [5, 5.41) is 5.47. The zero-order chi connectivity index (χ0) is 22.8. The second-order valence-electron chi connectivity index (χ2n) is 10.4. The normalized spacial score (nSPS) is 12.5. The van der Waals surface area contributed by atoms with Crippen LogP contribution in [0.4, 0.5) is 0 Å². The van der Waals surface area contributed by atoms with Gasteiger partial charge in [0.15, 0.2) is 6.20 Å². The number of nitrogens with zero attached hydrogens (tertiary/aromatic N) is 1. The number of thiophene rings is 1. The van der Waals surface area contributed by atoms with E-state index >= 15 is 0 Å². The molecule has 162 valence electrons. The van der Waals surface area contributed by atoms with Gasteiger partial charge in [-0.25, -0.2) is 0 Å². The second-order valence-corrected chi connectivity index (χ2v) is 11.5. The Morgan fingerprint density at radius 1 is 0.844 bits per heavy atom. The number of fused-ring (bicyclic) bond motifs is 4. The first kappa shape index (κ1) is 21.2.